The van der Waals surface area contributed by atoms with Crippen molar-refractivity contribution in [2.24, 2.45) is 0 Å². The number of fused-ring (bicyclic) bond motifs is 1. The number of benzene rings is 1. The van der Waals surface area contributed by atoms with Crippen LogP contribution in [0, 0.1) is 4.91 Å². The molecule has 0 aliphatic rings. The van der Waals surface area contributed by atoms with Crippen molar-refractivity contribution in [2.75, 3.05) is 12.8 Å². The molecule has 2 heterocycles. The number of anilines is 1. The lowest BCUT2D eigenvalue weighted by molar-refractivity contribution is -0.734. The van der Waals surface area contributed by atoms with Gasteiger partial charge in [-0.05, 0) is 23.5 Å². The highest BCUT2D eigenvalue weighted by Gasteiger charge is 2.23. The van der Waals surface area contributed by atoms with Crippen LogP contribution in [0.25, 0.3) is 21.5 Å². The van der Waals surface area contributed by atoms with Crippen LogP contribution < -0.4 is 5.73 Å². The van der Waals surface area contributed by atoms with Crippen molar-refractivity contribution >= 4 is 32.5 Å². The molecule has 3 aromatic rings. The monoisotopic (exact) mass is 319 g/mol. The number of nitrogen functional groups attached to an aromatic ring is 1. The molecular weight excluding hydrogens is 308 g/mol. The van der Waals surface area contributed by atoms with Crippen molar-refractivity contribution < 1.29 is 20.0 Å². The number of aromatic nitrogens is 2. The molecule has 4 N–H and O–H groups in total. The van der Waals surface area contributed by atoms with E-state index in [-0.39, 0.29) is 22.4 Å². The van der Waals surface area contributed by atoms with Gasteiger partial charge in [0.15, 0.2) is 7.11 Å². The van der Waals surface area contributed by atoms with Gasteiger partial charge in [0.25, 0.3) is 4.92 Å². The van der Waals surface area contributed by atoms with E-state index in [1.54, 1.807) is 6.07 Å². The lowest BCUT2D eigenvalue weighted by atomic mass is 10.1. The summed E-state index contributed by atoms with van der Waals surface area (Å²) < 4.78 is 0. The Morgan fingerprint density at radius 1 is 1.27 bits per heavy atom. The van der Waals surface area contributed by atoms with Crippen molar-refractivity contribution in [3.63, 3.8) is 0 Å². The minimum Gasteiger partial charge on any atom is -0.508 e. The third-order valence-corrected chi connectivity index (χ3v) is 3.96. The number of nitrogens with zero attached hydrogens (tertiary/aromatic N) is 3. The second kappa shape index (κ2) is 5.11. The Kier molecular flexibility index (Phi) is 3.26. The summed E-state index contributed by atoms with van der Waals surface area (Å²) in [4.78, 5) is 25.2. The average molecular weight is 319 g/mol. The summed E-state index contributed by atoms with van der Waals surface area (Å²) in [5, 5.41) is 20.2. The maximum absolute atomic E-state index is 11.6. The third-order valence-electron chi connectivity index (χ3n) is 2.98. The van der Waals surface area contributed by atoms with Crippen molar-refractivity contribution in [3.8, 4) is 22.8 Å². The first kappa shape index (κ1) is 14.0. The number of aromatic hydroxyl groups is 2. The summed E-state index contributed by atoms with van der Waals surface area (Å²) in [5.41, 5.74) is 6.43. The molecular formula is C13H11N4O4S+. The van der Waals surface area contributed by atoms with E-state index in [1.807, 2.05) is 0 Å². The van der Waals surface area contributed by atoms with E-state index < -0.39 is 0 Å². The largest absolute Gasteiger partial charge is 0.508 e. The van der Waals surface area contributed by atoms with E-state index in [1.165, 1.54) is 25.3 Å². The summed E-state index contributed by atoms with van der Waals surface area (Å²) in [7, 11) is 1.25. The summed E-state index contributed by atoms with van der Waals surface area (Å²) in [5.74, 6) is -0.216. The highest BCUT2D eigenvalue weighted by atomic mass is 32.1. The number of thiophene rings is 1. The smallest absolute Gasteiger partial charge is 0.374 e. The molecule has 0 fully saturated rings. The van der Waals surface area contributed by atoms with Gasteiger partial charge < -0.3 is 15.9 Å². The van der Waals surface area contributed by atoms with Gasteiger partial charge in [-0.25, -0.2) is 14.8 Å². The van der Waals surface area contributed by atoms with E-state index in [9.17, 15) is 15.1 Å². The van der Waals surface area contributed by atoms with Crippen molar-refractivity contribution in [1.82, 2.24) is 9.97 Å². The number of rotatable bonds is 3. The first-order valence-electron chi connectivity index (χ1n) is 6.10. The number of hydrogen-bond donors (Lipinski definition) is 3. The predicted octanol–water partition coefficient (Wildman–Crippen LogP) is 2.32. The van der Waals surface area contributed by atoms with Crippen molar-refractivity contribution in [2.45, 2.75) is 0 Å². The Labute approximate surface area is 128 Å². The Morgan fingerprint density at radius 2 is 2.05 bits per heavy atom. The van der Waals surface area contributed by atoms with E-state index in [0.29, 0.717) is 26.4 Å². The third kappa shape index (κ3) is 2.27. The van der Waals surface area contributed by atoms with Gasteiger partial charge in [0, 0.05) is 23.1 Å². The molecule has 0 atom stereocenters. The minimum absolute atomic E-state index is 0.0123. The molecule has 3 rings (SSSR count). The second-order valence-electron chi connectivity index (χ2n) is 4.38. The van der Waals surface area contributed by atoms with E-state index in [0.717, 1.165) is 11.3 Å². The molecule has 0 aliphatic carbocycles. The van der Waals surface area contributed by atoms with Gasteiger partial charge >= 0.3 is 5.00 Å². The molecule has 0 amide bonds. The quantitative estimate of drug-likeness (QED) is 0.633. The molecule has 1 aromatic carbocycles. The Bertz CT molecular complexity index is 893. The van der Waals surface area contributed by atoms with Crippen molar-refractivity contribution in [3.05, 3.63) is 29.2 Å². The molecule has 2 aromatic heterocycles. The summed E-state index contributed by atoms with van der Waals surface area (Å²) in [6.45, 7) is 0. The molecule has 0 bridgehead atoms. The van der Waals surface area contributed by atoms with Gasteiger partial charge in [0.05, 0.1) is 10.6 Å². The van der Waals surface area contributed by atoms with E-state index >= 15 is 0 Å². The maximum atomic E-state index is 11.6. The van der Waals surface area contributed by atoms with Gasteiger partial charge in [-0.15, -0.1) is 0 Å². The fourth-order valence-electron chi connectivity index (χ4n) is 2.03. The average Bonchev–Trinajstić information content (AvgIpc) is 2.89. The number of hydrogen-bond acceptors (Lipinski definition) is 8. The molecule has 0 unspecified atom stereocenters. The Morgan fingerprint density at radius 3 is 2.73 bits per heavy atom. The summed E-state index contributed by atoms with van der Waals surface area (Å²) in [6, 6.07) is 5.68. The van der Waals surface area contributed by atoms with Crippen LogP contribution in [0.4, 0.5) is 10.9 Å². The first-order chi connectivity index (χ1) is 10.5. The van der Waals surface area contributed by atoms with Gasteiger partial charge in [-0.3, -0.25) is 0 Å². The lowest BCUT2D eigenvalue weighted by Gasteiger charge is -2.06. The normalized spacial score (nSPS) is 10.8. The highest BCUT2D eigenvalue weighted by Crippen LogP contribution is 2.39. The zero-order valence-electron chi connectivity index (χ0n) is 11.3. The molecule has 0 saturated heterocycles. The first-order valence-corrected chi connectivity index (χ1v) is 6.92. The van der Waals surface area contributed by atoms with Crippen LogP contribution in [-0.2, 0) is 4.84 Å². The summed E-state index contributed by atoms with van der Waals surface area (Å²) in [6.07, 6.45) is 0. The van der Waals surface area contributed by atoms with Crippen LogP contribution in [0.15, 0.2) is 24.3 Å². The molecule has 112 valence electrons. The molecule has 0 radical (unpaired) electrons. The van der Waals surface area contributed by atoms with Crippen LogP contribution in [0.2, 0.25) is 0 Å². The van der Waals surface area contributed by atoms with Crippen LogP contribution >= 0.6 is 11.3 Å². The van der Waals surface area contributed by atoms with Crippen LogP contribution in [0.3, 0.4) is 0 Å². The minimum atomic E-state index is -0.155. The standard InChI is InChI=1S/C13H10N4O4S/c1-21-17(20)10-5-8-11(15-13(14)16-12(8)22-10)7-3-2-6(18)4-9(7)19/h2-5H,1H3,(H3-,14,15,16,18,19,20)/p+1. The zero-order valence-corrected chi connectivity index (χ0v) is 12.2. The van der Waals surface area contributed by atoms with Gasteiger partial charge in [0.1, 0.15) is 16.3 Å². The van der Waals surface area contributed by atoms with Gasteiger partial charge in [0.2, 0.25) is 5.95 Å². The van der Waals surface area contributed by atoms with Gasteiger partial charge in [-0.1, -0.05) is 0 Å². The number of nitrogens with two attached hydrogens (primary N) is 1. The highest BCUT2D eigenvalue weighted by molar-refractivity contribution is 7.21. The molecule has 0 saturated carbocycles. The molecule has 0 spiro atoms. The topological polar surface area (TPSA) is 122 Å². The molecule has 22 heavy (non-hydrogen) atoms. The SMILES string of the molecule is CO[N+](=O)c1cc2c(-c3ccc(O)cc3O)nc(N)nc2s1. The van der Waals surface area contributed by atoms with Crippen LogP contribution in [0.5, 0.6) is 11.5 Å². The second-order valence-corrected chi connectivity index (χ2v) is 5.38. The molecule has 8 nitrogen and oxygen atoms in total. The number of phenolic OH excluding ortho intramolecular Hbond substituents is 2. The Hall–Kier alpha value is -2.94. The van der Waals surface area contributed by atoms with Crippen molar-refractivity contribution in [1.29, 1.82) is 0 Å². The lowest BCUT2D eigenvalue weighted by Crippen LogP contribution is -1.96. The molecule has 0 aliphatic heterocycles. The zero-order chi connectivity index (χ0) is 15.9. The van der Waals surface area contributed by atoms with Gasteiger partial charge in [-0.2, -0.15) is 0 Å². The fraction of sp³-hybridized carbons (Fsp3) is 0.0769. The fourth-order valence-corrected chi connectivity index (χ4v) is 2.96. The van der Waals surface area contributed by atoms with E-state index in [4.69, 9.17) is 5.73 Å². The number of phenols is 2. The Balaban J connectivity index is 2.28. The predicted molar refractivity (Wildman–Crippen MR) is 80.9 cm³/mol. The van der Waals surface area contributed by atoms with E-state index in [2.05, 4.69) is 14.8 Å². The maximum Gasteiger partial charge on any atom is 0.374 e. The summed E-state index contributed by atoms with van der Waals surface area (Å²) >= 11 is 1.09. The van der Waals surface area contributed by atoms with Crippen LogP contribution in [-0.4, -0.2) is 32.2 Å². The van der Waals surface area contributed by atoms with Crippen LogP contribution in [0.1, 0.15) is 0 Å². The molecule has 9 heteroatoms.